The molecule has 1 aromatic rings. The fourth-order valence-corrected chi connectivity index (χ4v) is 1.89. The first-order valence-corrected chi connectivity index (χ1v) is 7.32. The minimum atomic E-state index is -0.670. The summed E-state index contributed by atoms with van der Waals surface area (Å²) in [6, 6.07) is 4.92. The van der Waals surface area contributed by atoms with Crippen molar-refractivity contribution in [2.45, 2.75) is 46.3 Å². The second-order valence-corrected chi connectivity index (χ2v) is 4.94. The number of rotatable bonds is 8. The predicted molar refractivity (Wildman–Crippen MR) is 81.7 cm³/mol. The molecule has 1 rings (SSSR count). The third-order valence-electron chi connectivity index (χ3n) is 2.72. The number of ether oxygens (including phenoxy) is 3. The monoisotopic (exact) mass is 295 g/mol. The zero-order valence-electron chi connectivity index (χ0n) is 13.2. The normalized spacial score (nSPS) is 12.1. The second kappa shape index (κ2) is 8.52. The van der Waals surface area contributed by atoms with Crippen molar-refractivity contribution in [2.75, 3.05) is 13.2 Å². The maximum Gasteiger partial charge on any atom is 0.323 e. The Hall–Kier alpha value is -1.75. The molecule has 0 bridgehead atoms. The van der Waals surface area contributed by atoms with Crippen LogP contribution in [-0.2, 0) is 16.0 Å². The van der Waals surface area contributed by atoms with Gasteiger partial charge in [-0.05, 0) is 51.8 Å². The van der Waals surface area contributed by atoms with Crippen molar-refractivity contribution in [3.8, 4) is 11.5 Å². The van der Waals surface area contributed by atoms with E-state index in [-0.39, 0.29) is 6.10 Å². The van der Waals surface area contributed by atoms with E-state index in [0.29, 0.717) is 31.1 Å². The molecule has 2 N–H and O–H groups in total. The summed E-state index contributed by atoms with van der Waals surface area (Å²) >= 11 is 0. The highest BCUT2D eigenvalue weighted by Crippen LogP contribution is 2.29. The molecule has 0 amide bonds. The van der Waals surface area contributed by atoms with Crippen molar-refractivity contribution < 1.29 is 19.0 Å². The number of hydrogen-bond acceptors (Lipinski definition) is 5. The number of esters is 1. The molecule has 1 unspecified atom stereocenters. The lowest BCUT2D eigenvalue weighted by Gasteiger charge is -2.16. The zero-order valence-corrected chi connectivity index (χ0v) is 13.2. The highest BCUT2D eigenvalue weighted by molar-refractivity contribution is 5.75. The molecule has 0 saturated carbocycles. The minimum Gasteiger partial charge on any atom is -0.490 e. The highest BCUT2D eigenvalue weighted by Gasteiger charge is 2.16. The van der Waals surface area contributed by atoms with Gasteiger partial charge in [0, 0.05) is 0 Å². The van der Waals surface area contributed by atoms with E-state index in [0.717, 1.165) is 5.56 Å². The summed E-state index contributed by atoms with van der Waals surface area (Å²) in [5.41, 5.74) is 6.74. The smallest absolute Gasteiger partial charge is 0.323 e. The molecule has 1 atom stereocenters. The van der Waals surface area contributed by atoms with Crippen LogP contribution < -0.4 is 15.2 Å². The molecule has 0 aliphatic carbocycles. The molecule has 0 radical (unpaired) electrons. The van der Waals surface area contributed by atoms with E-state index >= 15 is 0 Å². The SMILES string of the molecule is CCOC(=O)C(N)Cc1ccc(OC(C)C)c(OCC)c1. The molecule has 0 aromatic heterocycles. The Morgan fingerprint density at radius 3 is 2.48 bits per heavy atom. The summed E-state index contributed by atoms with van der Waals surface area (Å²) < 4.78 is 16.2. The summed E-state index contributed by atoms with van der Waals surface area (Å²) in [4.78, 5) is 11.6. The lowest BCUT2D eigenvalue weighted by molar-refractivity contribution is -0.144. The van der Waals surface area contributed by atoms with Crippen molar-refractivity contribution in [1.82, 2.24) is 0 Å². The van der Waals surface area contributed by atoms with Gasteiger partial charge in [-0.15, -0.1) is 0 Å². The van der Waals surface area contributed by atoms with Crippen molar-refractivity contribution in [1.29, 1.82) is 0 Å². The van der Waals surface area contributed by atoms with Crippen LogP contribution in [0.25, 0.3) is 0 Å². The first-order chi connectivity index (χ1) is 9.97. The van der Waals surface area contributed by atoms with Crippen molar-refractivity contribution >= 4 is 5.97 Å². The molecule has 0 saturated heterocycles. The molecule has 21 heavy (non-hydrogen) atoms. The molecular weight excluding hydrogens is 270 g/mol. The zero-order chi connectivity index (χ0) is 15.8. The Morgan fingerprint density at radius 2 is 1.90 bits per heavy atom. The van der Waals surface area contributed by atoms with Gasteiger partial charge in [-0.2, -0.15) is 0 Å². The number of carbonyl (C=O) groups excluding carboxylic acids is 1. The summed E-state index contributed by atoms with van der Waals surface area (Å²) in [6.45, 7) is 8.46. The van der Waals surface area contributed by atoms with E-state index in [1.807, 2.05) is 39.0 Å². The fraction of sp³-hybridized carbons (Fsp3) is 0.562. The summed E-state index contributed by atoms with van der Waals surface area (Å²) in [7, 11) is 0. The van der Waals surface area contributed by atoms with E-state index in [1.165, 1.54) is 0 Å². The molecule has 5 heteroatoms. The minimum absolute atomic E-state index is 0.0665. The summed E-state index contributed by atoms with van der Waals surface area (Å²) in [6.07, 6.45) is 0.470. The Morgan fingerprint density at radius 1 is 1.19 bits per heavy atom. The van der Waals surface area contributed by atoms with Crippen LogP contribution in [-0.4, -0.2) is 31.3 Å². The molecule has 118 valence electrons. The van der Waals surface area contributed by atoms with Crippen LogP contribution in [0.3, 0.4) is 0 Å². The molecule has 5 nitrogen and oxygen atoms in total. The number of hydrogen-bond donors (Lipinski definition) is 1. The van der Waals surface area contributed by atoms with Gasteiger partial charge in [-0.3, -0.25) is 4.79 Å². The third-order valence-corrected chi connectivity index (χ3v) is 2.72. The van der Waals surface area contributed by atoms with Crippen LogP contribution in [0.4, 0.5) is 0 Å². The maximum atomic E-state index is 11.6. The largest absolute Gasteiger partial charge is 0.490 e. The lowest BCUT2D eigenvalue weighted by Crippen LogP contribution is -2.34. The standard InChI is InChI=1S/C16H25NO4/c1-5-19-15-10-12(7-8-14(15)21-11(3)4)9-13(17)16(18)20-6-2/h7-8,10-11,13H,5-6,9,17H2,1-4H3. The maximum absolute atomic E-state index is 11.6. The summed E-state index contributed by atoms with van der Waals surface area (Å²) in [5.74, 6) is 0.970. The lowest BCUT2D eigenvalue weighted by atomic mass is 10.1. The number of carbonyl (C=O) groups is 1. The molecule has 0 spiro atoms. The van der Waals surface area contributed by atoms with Gasteiger partial charge in [0.05, 0.1) is 19.3 Å². The molecular formula is C16H25NO4. The average molecular weight is 295 g/mol. The van der Waals surface area contributed by atoms with Gasteiger partial charge >= 0.3 is 5.97 Å². The van der Waals surface area contributed by atoms with Crippen LogP contribution in [0.15, 0.2) is 18.2 Å². The van der Waals surface area contributed by atoms with Gasteiger partial charge in [0.2, 0.25) is 0 Å². The van der Waals surface area contributed by atoms with Crippen LogP contribution in [0.1, 0.15) is 33.3 Å². The van der Waals surface area contributed by atoms with Crippen molar-refractivity contribution in [3.05, 3.63) is 23.8 Å². The Kier molecular flexibility index (Phi) is 7.02. The van der Waals surface area contributed by atoms with Gasteiger partial charge in [0.25, 0.3) is 0 Å². The number of benzene rings is 1. The van der Waals surface area contributed by atoms with E-state index in [2.05, 4.69) is 0 Å². The van der Waals surface area contributed by atoms with E-state index < -0.39 is 12.0 Å². The topological polar surface area (TPSA) is 70.8 Å². The van der Waals surface area contributed by atoms with Crippen LogP contribution in [0.5, 0.6) is 11.5 Å². The van der Waals surface area contributed by atoms with Gasteiger partial charge in [-0.1, -0.05) is 6.07 Å². The van der Waals surface area contributed by atoms with Crippen LogP contribution in [0.2, 0.25) is 0 Å². The first kappa shape index (κ1) is 17.3. The van der Waals surface area contributed by atoms with E-state index in [9.17, 15) is 4.79 Å². The van der Waals surface area contributed by atoms with Gasteiger partial charge in [0.15, 0.2) is 11.5 Å². The highest BCUT2D eigenvalue weighted by atomic mass is 16.5. The quantitative estimate of drug-likeness (QED) is 0.745. The van der Waals surface area contributed by atoms with Crippen molar-refractivity contribution in [2.24, 2.45) is 5.73 Å². The Bertz CT molecular complexity index is 460. The molecule has 0 aliphatic heterocycles. The molecule has 1 aromatic carbocycles. The van der Waals surface area contributed by atoms with Crippen molar-refractivity contribution in [3.63, 3.8) is 0 Å². The average Bonchev–Trinajstić information content (AvgIpc) is 2.41. The number of nitrogens with two attached hydrogens (primary N) is 1. The Labute approximate surface area is 126 Å². The molecule has 0 heterocycles. The Balaban J connectivity index is 2.84. The third kappa shape index (κ3) is 5.63. The first-order valence-electron chi connectivity index (χ1n) is 7.32. The second-order valence-electron chi connectivity index (χ2n) is 4.94. The summed E-state index contributed by atoms with van der Waals surface area (Å²) in [5, 5.41) is 0. The van der Waals surface area contributed by atoms with Gasteiger partial charge < -0.3 is 19.9 Å². The van der Waals surface area contributed by atoms with Crippen LogP contribution >= 0.6 is 0 Å². The van der Waals surface area contributed by atoms with Crippen LogP contribution in [0, 0.1) is 0 Å². The molecule has 0 aliphatic rings. The van der Waals surface area contributed by atoms with Gasteiger partial charge in [-0.25, -0.2) is 0 Å². The van der Waals surface area contributed by atoms with Gasteiger partial charge in [0.1, 0.15) is 6.04 Å². The fourth-order valence-electron chi connectivity index (χ4n) is 1.89. The predicted octanol–water partition coefficient (Wildman–Crippen LogP) is 2.31. The van der Waals surface area contributed by atoms with E-state index in [4.69, 9.17) is 19.9 Å². The van der Waals surface area contributed by atoms with E-state index in [1.54, 1.807) is 6.92 Å². The molecule has 0 fully saturated rings.